The minimum atomic E-state index is -0.325. The molecule has 0 spiro atoms. The van der Waals surface area contributed by atoms with Crippen molar-refractivity contribution >= 4 is 17.1 Å². The molecule has 5 heteroatoms. The molecule has 0 amide bonds. The fraction of sp³-hybridized carbons (Fsp3) is 0.538. The van der Waals surface area contributed by atoms with Gasteiger partial charge in [0.05, 0.1) is 4.92 Å². The van der Waals surface area contributed by atoms with Gasteiger partial charge in [-0.05, 0) is 32.3 Å². The second-order valence-electron chi connectivity index (χ2n) is 4.57. The van der Waals surface area contributed by atoms with E-state index in [0.717, 1.165) is 31.0 Å². The van der Waals surface area contributed by atoms with Crippen molar-refractivity contribution in [2.75, 3.05) is 29.9 Å². The highest BCUT2D eigenvalue weighted by Crippen LogP contribution is 2.28. The lowest BCUT2D eigenvalue weighted by Crippen LogP contribution is -2.29. The molecule has 1 aliphatic rings. The molecule has 0 aliphatic carbocycles. The van der Waals surface area contributed by atoms with Gasteiger partial charge < -0.3 is 10.2 Å². The maximum Gasteiger partial charge on any atom is 0.273 e. The Morgan fingerprint density at radius 3 is 2.61 bits per heavy atom. The summed E-state index contributed by atoms with van der Waals surface area (Å²) >= 11 is 0. The van der Waals surface area contributed by atoms with Gasteiger partial charge in [0.1, 0.15) is 0 Å². The Labute approximate surface area is 107 Å². The van der Waals surface area contributed by atoms with Gasteiger partial charge in [0, 0.05) is 43.1 Å². The molecule has 1 heterocycles. The molecule has 1 saturated heterocycles. The lowest BCUT2D eigenvalue weighted by molar-refractivity contribution is -0.384. The van der Waals surface area contributed by atoms with E-state index >= 15 is 0 Å². The fourth-order valence-corrected chi connectivity index (χ4v) is 2.34. The Hall–Kier alpha value is -1.78. The third kappa shape index (κ3) is 2.91. The van der Waals surface area contributed by atoms with Crippen LogP contribution < -0.4 is 10.2 Å². The number of hydrogen-bond acceptors (Lipinski definition) is 4. The van der Waals surface area contributed by atoms with E-state index in [1.54, 1.807) is 12.1 Å². The zero-order valence-electron chi connectivity index (χ0n) is 10.7. The maximum atomic E-state index is 11.0. The van der Waals surface area contributed by atoms with Gasteiger partial charge in [0.2, 0.25) is 0 Å². The summed E-state index contributed by atoms with van der Waals surface area (Å²) in [5.74, 6) is 0. The van der Waals surface area contributed by atoms with Crippen LogP contribution in [0.5, 0.6) is 0 Å². The monoisotopic (exact) mass is 249 g/mol. The average molecular weight is 249 g/mol. The summed E-state index contributed by atoms with van der Waals surface area (Å²) in [7, 11) is 0. The Bertz CT molecular complexity index is 428. The summed E-state index contributed by atoms with van der Waals surface area (Å²) < 4.78 is 0. The topological polar surface area (TPSA) is 58.4 Å². The molecular weight excluding hydrogens is 230 g/mol. The Kier molecular flexibility index (Phi) is 4.02. The molecule has 2 rings (SSSR count). The number of anilines is 2. The molecule has 0 unspecified atom stereocenters. The minimum absolute atomic E-state index is 0.161. The number of benzene rings is 1. The normalized spacial score (nSPS) is 15.5. The molecule has 0 bridgehead atoms. The first kappa shape index (κ1) is 12.7. The van der Waals surface area contributed by atoms with Crippen LogP contribution in [0.3, 0.4) is 0 Å². The van der Waals surface area contributed by atoms with Gasteiger partial charge in [-0.1, -0.05) is 0 Å². The van der Waals surface area contributed by atoms with Crippen LogP contribution >= 0.6 is 0 Å². The van der Waals surface area contributed by atoms with E-state index in [-0.39, 0.29) is 10.6 Å². The molecular formula is C13H19N3O2. The first-order chi connectivity index (χ1) is 8.70. The first-order valence-corrected chi connectivity index (χ1v) is 6.49. The number of rotatable bonds is 4. The highest BCUT2D eigenvalue weighted by atomic mass is 16.6. The molecule has 0 aromatic heterocycles. The van der Waals surface area contributed by atoms with Crippen molar-refractivity contribution in [1.29, 1.82) is 0 Å². The molecule has 1 aromatic carbocycles. The van der Waals surface area contributed by atoms with Gasteiger partial charge in [-0.2, -0.15) is 0 Å². The molecule has 0 radical (unpaired) electrons. The molecule has 1 N–H and O–H groups in total. The average Bonchev–Trinajstić information content (AvgIpc) is 2.40. The SMILES string of the molecule is CCNc1cc(N2CCCCC2)cc([N+](=O)[O-])c1. The third-order valence-electron chi connectivity index (χ3n) is 3.22. The van der Waals surface area contributed by atoms with Crippen molar-refractivity contribution in [2.24, 2.45) is 0 Å². The van der Waals surface area contributed by atoms with Crippen LogP contribution in [0.25, 0.3) is 0 Å². The Balaban J connectivity index is 2.29. The van der Waals surface area contributed by atoms with Gasteiger partial charge in [-0.25, -0.2) is 0 Å². The quantitative estimate of drug-likeness (QED) is 0.658. The number of hydrogen-bond donors (Lipinski definition) is 1. The summed E-state index contributed by atoms with van der Waals surface area (Å²) in [5.41, 5.74) is 1.95. The van der Waals surface area contributed by atoms with Crippen molar-refractivity contribution < 1.29 is 4.92 Å². The second-order valence-corrected chi connectivity index (χ2v) is 4.57. The highest BCUT2D eigenvalue weighted by Gasteiger charge is 2.16. The third-order valence-corrected chi connectivity index (χ3v) is 3.22. The van der Waals surface area contributed by atoms with E-state index in [9.17, 15) is 10.1 Å². The van der Waals surface area contributed by atoms with Gasteiger partial charge in [0.25, 0.3) is 5.69 Å². The van der Waals surface area contributed by atoms with E-state index in [1.807, 2.05) is 13.0 Å². The molecule has 0 atom stereocenters. The minimum Gasteiger partial charge on any atom is -0.385 e. The predicted octanol–water partition coefficient (Wildman–Crippen LogP) is 3.02. The van der Waals surface area contributed by atoms with E-state index < -0.39 is 0 Å². The molecule has 1 aromatic rings. The van der Waals surface area contributed by atoms with Crippen LogP contribution in [0.1, 0.15) is 26.2 Å². The van der Waals surface area contributed by atoms with E-state index in [2.05, 4.69) is 10.2 Å². The van der Waals surface area contributed by atoms with Gasteiger partial charge in [-0.15, -0.1) is 0 Å². The maximum absolute atomic E-state index is 11.0. The van der Waals surface area contributed by atoms with Gasteiger partial charge in [0.15, 0.2) is 0 Å². The summed E-state index contributed by atoms with van der Waals surface area (Å²) in [6, 6.07) is 5.27. The van der Waals surface area contributed by atoms with E-state index in [4.69, 9.17) is 0 Å². The smallest absolute Gasteiger partial charge is 0.273 e. The largest absolute Gasteiger partial charge is 0.385 e. The van der Waals surface area contributed by atoms with Gasteiger partial charge in [-0.3, -0.25) is 10.1 Å². The lowest BCUT2D eigenvalue weighted by atomic mass is 10.1. The van der Waals surface area contributed by atoms with Gasteiger partial charge >= 0.3 is 0 Å². The molecule has 1 aliphatic heterocycles. The highest BCUT2D eigenvalue weighted by molar-refractivity contribution is 5.64. The van der Waals surface area contributed by atoms with E-state index in [1.165, 1.54) is 19.3 Å². The Morgan fingerprint density at radius 1 is 1.28 bits per heavy atom. The second kappa shape index (κ2) is 5.71. The van der Waals surface area contributed by atoms with Crippen LogP contribution in [0.15, 0.2) is 18.2 Å². The summed E-state index contributed by atoms with van der Waals surface area (Å²) in [6.45, 7) is 4.74. The lowest BCUT2D eigenvalue weighted by Gasteiger charge is -2.29. The van der Waals surface area contributed by atoms with Crippen LogP contribution in [0.2, 0.25) is 0 Å². The number of nitro groups is 1. The summed E-state index contributed by atoms with van der Waals surface area (Å²) in [6.07, 6.45) is 3.59. The Morgan fingerprint density at radius 2 is 2.00 bits per heavy atom. The number of piperidine rings is 1. The number of nitrogens with zero attached hydrogens (tertiary/aromatic N) is 2. The number of non-ortho nitro benzene ring substituents is 1. The molecule has 98 valence electrons. The van der Waals surface area contributed by atoms with Crippen LogP contribution in [0, 0.1) is 10.1 Å². The number of nitrogens with one attached hydrogen (secondary N) is 1. The summed E-state index contributed by atoms with van der Waals surface area (Å²) in [4.78, 5) is 12.9. The van der Waals surface area contributed by atoms with Crippen LogP contribution in [-0.2, 0) is 0 Å². The zero-order chi connectivity index (χ0) is 13.0. The molecule has 18 heavy (non-hydrogen) atoms. The van der Waals surface area contributed by atoms with Crippen LogP contribution in [0.4, 0.5) is 17.1 Å². The summed E-state index contributed by atoms with van der Waals surface area (Å²) in [5, 5.41) is 14.1. The molecule has 0 saturated carbocycles. The predicted molar refractivity (Wildman–Crippen MR) is 73.3 cm³/mol. The van der Waals surface area contributed by atoms with Crippen LogP contribution in [-0.4, -0.2) is 24.6 Å². The van der Waals surface area contributed by atoms with Crippen molar-refractivity contribution in [3.05, 3.63) is 28.3 Å². The number of nitro benzene ring substituents is 1. The molecule has 5 nitrogen and oxygen atoms in total. The van der Waals surface area contributed by atoms with Crippen molar-refractivity contribution in [1.82, 2.24) is 0 Å². The van der Waals surface area contributed by atoms with E-state index in [0.29, 0.717) is 0 Å². The van der Waals surface area contributed by atoms with Crippen molar-refractivity contribution in [3.8, 4) is 0 Å². The molecule has 1 fully saturated rings. The van der Waals surface area contributed by atoms with Crippen molar-refractivity contribution in [2.45, 2.75) is 26.2 Å². The standard InChI is InChI=1S/C13H19N3O2/c1-2-14-11-8-12(10-13(9-11)16(17)18)15-6-4-3-5-7-15/h8-10,14H,2-7H2,1H3. The van der Waals surface area contributed by atoms with Crippen molar-refractivity contribution in [3.63, 3.8) is 0 Å². The fourth-order valence-electron chi connectivity index (χ4n) is 2.34. The first-order valence-electron chi connectivity index (χ1n) is 6.49. The zero-order valence-corrected chi connectivity index (χ0v) is 10.7.